The number of carbonyl (C=O) groups is 1. The molecule has 0 radical (unpaired) electrons. The minimum Gasteiger partial charge on any atom is -0.478 e. The maximum absolute atomic E-state index is 11.3. The van der Waals surface area contributed by atoms with E-state index in [1.165, 1.54) is 0 Å². The van der Waals surface area contributed by atoms with Crippen LogP contribution in [0.2, 0.25) is 5.02 Å². The third-order valence-electron chi connectivity index (χ3n) is 2.94. The number of hydrogen-bond acceptors (Lipinski definition) is 5. The summed E-state index contributed by atoms with van der Waals surface area (Å²) < 4.78 is 5.37. The van der Waals surface area contributed by atoms with Crippen molar-refractivity contribution in [3.63, 3.8) is 0 Å². The largest absolute Gasteiger partial charge is 0.478 e. The molecule has 1 amide bonds. The Labute approximate surface area is 125 Å². The molecule has 2 heterocycles. The summed E-state index contributed by atoms with van der Waals surface area (Å²) in [6.45, 7) is -0.0915. The van der Waals surface area contributed by atoms with Crippen molar-refractivity contribution in [2.75, 3.05) is 11.9 Å². The second-order valence-corrected chi connectivity index (χ2v) is 4.80. The molecule has 0 unspecified atom stereocenters. The van der Waals surface area contributed by atoms with Gasteiger partial charge in [-0.05, 0) is 18.2 Å². The van der Waals surface area contributed by atoms with Crippen molar-refractivity contribution < 1.29 is 9.53 Å². The number of nitriles is 1. The number of halogens is 1. The Balaban J connectivity index is 2.03. The van der Waals surface area contributed by atoms with Gasteiger partial charge in [-0.2, -0.15) is 5.26 Å². The van der Waals surface area contributed by atoms with E-state index < -0.39 is 0 Å². The van der Waals surface area contributed by atoms with Crippen LogP contribution in [0.5, 0.6) is 5.75 Å². The summed E-state index contributed by atoms with van der Waals surface area (Å²) in [4.78, 5) is 19.9. The van der Waals surface area contributed by atoms with Crippen LogP contribution in [0.15, 0.2) is 24.4 Å². The van der Waals surface area contributed by atoms with Gasteiger partial charge in [-0.25, -0.2) is 9.97 Å². The molecule has 1 aliphatic heterocycles. The lowest BCUT2D eigenvalue weighted by Gasteiger charge is -2.10. The number of nitrogens with one attached hydrogen (secondary N) is 1. The fourth-order valence-corrected chi connectivity index (χ4v) is 2.21. The lowest BCUT2D eigenvalue weighted by molar-refractivity contribution is -0.115. The molecule has 0 saturated heterocycles. The molecule has 1 N–H and O–H groups in total. The van der Waals surface area contributed by atoms with Crippen LogP contribution in [0, 0.1) is 11.3 Å². The predicted octanol–water partition coefficient (Wildman–Crippen LogP) is 2.19. The third-order valence-corrected chi connectivity index (χ3v) is 3.18. The second-order valence-electron chi connectivity index (χ2n) is 4.36. The van der Waals surface area contributed by atoms with Gasteiger partial charge in [0.05, 0.1) is 24.0 Å². The Hall–Kier alpha value is -2.65. The maximum atomic E-state index is 11.3. The van der Waals surface area contributed by atoms with Crippen LogP contribution in [-0.4, -0.2) is 22.5 Å². The third kappa shape index (κ3) is 2.64. The summed E-state index contributed by atoms with van der Waals surface area (Å²) in [6, 6.07) is 6.97. The molecule has 2 aromatic rings. The van der Waals surface area contributed by atoms with Gasteiger partial charge in [0.25, 0.3) is 0 Å². The maximum Gasteiger partial charge on any atom is 0.231 e. The lowest BCUT2D eigenvalue weighted by atomic mass is 10.1. The Morgan fingerprint density at radius 2 is 2.33 bits per heavy atom. The summed E-state index contributed by atoms with van der Waals surface area (Å²) in [5, 5.41) is 11.8. The summed E-state index contributed by atoms with van der Waals surface area (Å²) >= 11 is 5.94. The van der Waals surface area contributed by atoms with Crippen LogP contribution in [0.1, 0.15) is 5.69 Å². The van der Waals surface area contributed by atoms with Gasteiger partial charge in [0.2, 0.25) is 5.91 Å². The number of aromatic nitrogens is 2. The van der Waals surface area contributed by atoms with E-state index in [1.807, 2.05) is 6.07 Å². The lowest BCUT2D eigenvalue weighted by Crippen LogP contribution is -2.04. The van der Waals surface area contributed by atoms with Gasteiger partial charge in [-0.15, -0.1) is 0 Å². The predicted molar refractivity (Wildman–Crippen MR) is 75.9 cm³/mol. The highest BCUT2D eigenvalue weighted by Gasteiger charge is 2.21. The van der Waals surface area contributed by atoms with Crippen molar-refractivity contribution in [3.05, 3.63) is 35.1 Å². The van der Waals surface area contributed by atoms with Crippen molar-refractivity contribution in [2.45, 2.75) is 6.42 Å². The van der Waals surface area contributed by atoms with E-state index in [2.05, 4.69) is 15.3 Å². The number of benzene rings is 1. The van der Waals surface area contributed by atoms with Crippen LogP contribution >= 0.6 is 11.6 Å². The number of fused-ring (bicyclic) bond motifs is 1. The molecule has 0 aliphatic carbocycles. The van der Waals surface area contributed by atoms with Gasteiger partial charge >= 0.3 is 0 Å². The Morgan fingerprint density at radius 3 is 3.14 bits per heavy atom. The van der Waals surface area contributed by atoms with E-state index in [4.69, 9.17) is 21.6 Å². The van der Waals surface area contributed by atoms with Gasteiger partial charge in [-0.3, -0.25) is 4.79 Å². The smallest absolute Gasteiger partial charge is 0.231 e. The average Bonchev–Trinajstić information content (AvgIpc) is 2.84. The molecule has 1 aromatic heterocycles. The minimum absolute atomic E-state index is 0.0915. The molecule has 0 spiro atoms. The topological polar surface area (TPSA) is 87.9 Å². The molecule has 7 heteroatoms. The number of hydrogen-bond donors (Lipinski definition) is 1. The number of rotatable bonds is 3. The molecule has 1 aromatic carbocycles. The van der Waals surface area contributed by atoms with E-state index >= 15 is 0 Å². The summed E-state index contributed by atoms with van der Waals surface area (Å²) in [5.74, 6) is 0.812. The summed E-state index contributed by atoms with van der Waals surface area (Å²) in [7, 11) is 0. The van der Waals surface area contributed by atoms with Crippen molar-refractivity contribution in [2.24, 2.45) is 0 Å². The highest BCUT2D eigenvalue weighted by atomic mass is 35.5. The molecule has 21 heavy (non-hydrogen) atoms. The molecule has 6 nitrogen and oxygen atoms in total. The van der Waals surface area contributed by atoms with Crippen LogP contribution < -0.4 is 10.1 Å². The molecule has 104 valence electrons. The van der Waals surface area contributed by atoms with Crippen LogP contribution in [0.4, 0.5) is 5.82 Å². The monoisotopic (exact) mass is 300 g/mol. The van der Waals surface area contributed by atoms with Crippen molar-refractivity contribution in [1.82, 2.24) is 9.97 Å². The van der Waals surface area contributed by atoms with Crippen molar-refractivity contribution >= 4 is 23.3 Å². The standard InChI is InChI=1S/C14H9ClN4O2/c15-8-1-2-9(12(5-8)21-4-3-16)11-7-17-14-10(18-11)6-13(20)19-14/h1-2,5,7H,4,6H2,(H,17,19,20). The van der Waals surface area contributed by atoms with Crippen LogP contribution in [-0.2, 0) is 11.2 Å². The Bertz CT molecular complexity index is 770. The number of carbonyl (C=O) groups excluding carboxylic acids is 1. The first kappa shape index (κ1) is 13.3. The van der Waals surface area contributed by atoms with Crippen LogP contribution in [0.3, 0.4) is 0 Å². The van der Waals surface area contributed by atoms with Gasteiger partial charge in [0.15, 0.2) is 12.4 Å². The van der Waals surface area contributed by atoms with Gasteiger partial charge in [0.1, 0.15) is 11.8 Å². The van der Waals surface area contributed by atoms with Crippen molar-refractivity contribution in [3.8, 4) is 23.1 Å². The average molecular weight is 301 g/mol. The molecule has 0 bridgehead atoms. The second kappa shape index (κ2) is 5.38. The van der Waals surface area contributed by atoms with E-state index in [0.717, 1.165) is 0 Å². The van der Waals surface area contributed by atoms with E-state index in [0.29, 0.717) is 33.5 Å². The quantitative estimate of drug-likeness (QED) is 0.938. The zero-order valence-corrected chi connectivity index (χ0v) is 11.5. The van der Waals surface area contributed by atoms with Gasteiger partial charge in [0, 0.05) is 10.6 Å². The molecule has 0 atom stereocenters. The number of anilines is 1. The molecule has 3 rings (SSSR count). The number of ether oxygens (including phenoxy) is 1. The Kier molecular flexibility index (Phi) is 3.42. The highest BCUT2D eigenvalue weighted by molar-refractivity contribution is 6.30. The SMILES string of the molecule is N#CCOc1cc(Cl)ccc1-c1cnc2c(n1)CC(=O)N2. The molecule has 1 aliphatic rings. The fourth-order valence-electron chi connectivity index (χ4n) is 2.05. The first-order valence-corrected chi connectivity index (χ1v) is 6.50. The van der Waals surface area contributed by atoms with E-state index in [9.17, 15) is 4.79 Å². The zero-order chi connectivity index (χ0) is 14.8. The van der Waals surface area contributed by atoms with E-state index in [1.54, 1.807) is 24.4 Å². The Morgan fingerprint density at radius 1 is 1.48 bits per heavy atom. The molecule has 0 fully saturated rings. The normalized spacial score (nSPS) is 12.5. The fraction of sp³-hybridized carbons (Fsp3) is 0.143. The zero-order valence-electron chi connectivity index (χ0n) is 10.8. The van der Waals surface area contributed by atoms with Crippen LogP contribution in [0.25, 0.3) is 11.3 Å². The molecular formula is C14H9ClN4O2. The van der Waals surface area contributed by atoms with Gasteiger partial charge in [-0.1, -0.05) is 11.6 Å². The van der Waals surface area contributed by atoms with E-state index in [-0.39, 0.29) is 18.9 Å². The summed E-state index contributed by atoms with van der Waals surface area (Å²) in [6.07, 6.45) is 1.76. The first-order chi connectivity index (χ1) is 10.2. The first-order valence-electron chi connectivity index (χ1n) is 6.13. The van der Waals surface area contributed by atoms with Gasteiger partial charge < -0.3 is 10.1 Å². The van der Waals surface area contributed by atoms with Crippen molar-refractivity contribution in [1.29, 1.82) is 5.26 Å². The number of amides is 1. The number of nitrogens with zero attached hydrogens (tertiary/aromatic N) is 3. The molecule has 0 saturated carbocycles. The minimum atomic E-state index is -0.126. The summed E-state index contributed by atoms with van der Waals surface area (Å²) in [5.41, 5.74) is 1.83. The molecular weight excluding hydrogens is 292 g/mol. The highest BCUT2D eigenvalue weighted by Crippen LogP contribution is 2.32.